The summed E-state index contributed by atoms with van der Waals surface area (Å²) >= 11 is 0. The van der Waals surface area contributed by atoms with Crippen LogP contribution in [-0.2, 0) is 44.0 Å². The molecule has 0 atom stereocenters. The minimum atomic E-state index is -4.01. The predicted octanol–water partition coefficient (Wildman–Crippen LogP) is 3.81. The molecule has 222 valence electrons. The van der Waals surface area contributed by atoms with Crippen molar-refractivity contribution in [2.75, 3.05) is 31.0 Å². The molecular formula is C25H39N6O8P. The first kappa shape index (κ1) is 30.2. The van der Waals surface area contributed by atoms with Crippen LogP contribution in [0.25, 0.3) is 11.2 Å². The fraction of sp³-hybridized carbons (Fsp3) is 0.720. The van der Waals surface area contributed by atoms with Gasteiger partial charge in [-0.05, 0) is 67.2 Å². The summed E-state index contributed by atoms with van der Waals surface area (Å²) in [5.74, 6) is -0.359. The van der Waals surface area contributed by atoms with Crippen LogP contribution in [0.5, 0.6) is 0 Å². The Morgan fingerprint density at radius 2 is 1.62 bits per heavy atom. The first-order valence-electron chi connectivity index (χ1n) is 13.2. The van der Waals surface area contributed by atoms with Crippen molar-refractivity contribution in [2.45, 2.75) is 85.4 Å². The number of imidazole rings is 1. The number of hydrogen-bond donors (Lipinski definition) is 2. The quantitative estimate of drug-likeness (QED) is 0.198. The van der Waals surface area contributed by atoms with Gasteiger partial charge < -0.3 is 29.8 Å². The first-order valence-corrected chi connectivity index (χ1v) is 14.9. The number of esters is 2. The fourth-order valence-electron chi connectivity index (χ4n) is 3.48. The van der Waals surface area contributed by atoms with Gasteiger partial charge >= 0.3 is 19.5 Å². The van der Waals surface area contributed by atoms with E-state index in [9.17, 15) is 14.2 Å². The highest BCUT2D eigenvalue weighted by Crippen LogP contribution is 2.52. The van der Waals surface area contributed by atoms with Crippen molar-refractivity contribution in [1.82, 2.24) is 19.5 Å². The van der Waals surface area contributed by atoms with Crippen molar-refractivity contribution >= 4 is 42.5 Å². The zero-order valence-corrected chi connectivity index (χ0v) is 24.8. The van der Waals surface area contributed by atoms with E-state index in [1.165, 1.54) is 0 Å². The van der Waals surface area contributed by atoms with Gasteiger partial charge in [0.15, 0.2) is 17.0 Å². The number of carbonyl (C=O) groups excluding carboxylic acids is 2. The second kappa shape index (κ2) is 11.2. The molecule has 0 amide bonds. The number of carbonyl (C=O) groups is 2. The highest BCUT2D eigenvalue weighted by atomic mass is 31.2. The lowest BCUT2D eigenvalue weighted by Gasteiger charge is -2.24. The lowest BCUT2D eigenvalue weighted by Crippen LogP contribution is -2.26. The Labute approximate surface area is 233 Å². The molecule has 4 rings (SSSR count). The smallest absolute Gasteiger partial charge is 0.361 e. The number of ether oxygens (including phenoxy) is 3. The lowest BCUT2D eigenvalue weighted by molar-refractivity contribution is -0.162. The van der Waals surface area contributed by atoms with Crippen LogP contribution in [0.3, 0.4) is 0 Å². The molecule has 15 heteroatoms. The summed E-state index contributed by atoms with van der Waals surface area (Å²) in [6, 6.07) is 0.361. The second-order valence-corrected chi connectivity index (χ2v) is 14.3. The Morgan fingerprint density at radius 3 is 2.12 bits per heavy atom. The number of hydrogen-bond acceptors (Lipinski definition) is 13. The van der Waals surface area contributed by atoms with E-state index in [-0.39, 0.29) is 5.95 Å². The van der Waals surface area contributed by atoms with Gasteiger partial charge in [-0.3, -0.25) is 23.2 Å². The number of fused-ring (bicyclic) bond motifs is 1. The van der Waals surface area contributed by atoms with E-state index in [4.69, 9.17) is 29.0 Å². The number of aromatic nitrogens is 4. The summed E-state index contributed by atoms with van der Waals surface area (Å²) in [5, 5.41) is 3.33. The SMILES string of the molecule is CC(C)(C)C(=O)OCOP(=O)(COC1(Cn2cnc3c(NC4CC4)nc(N)nc32)CC1)OCOC(=O)C(C)(C)C. The van der Waals surface area contributed by atoms with E-state index in [1.807, 2.05) is 4.57 Å². The minimum Gasteiger partial charge on any atom is -0.438 e. The van der Waals surface area contributed by atoms with E-state index >= 15 is 0 Å². The maximum absolute atomic E-state index is 13.5. The van der Waals surface area contributed by atoms with E-state index in [0.29, 0.717) is 42.4 Å². The fourth-order valence-corrected chi connectivity index (χ4v) is 4.56. The zero-order valence-electron chi connectivity index (χ0n) is 23.9. The van der Waals surface area contributed by atoms with Gasteiger partial charge in [-0.15, -0.1) is 0 Å². The molecule has 2 saturated carbocycles. The molecule has 0 radical (unpaired) electrons. The normalized spacial score (nSPS) is 17.1. The second-order valence-electron chi connectivity index (χ2n) is 12.3. The maximum atomic E-state index is 13.5. The summed E-state index contributed by atoms with van der Waals surface area (Å²) in [5.41, 5.74) is 4.89. The number of nitrogens with one attached hydrogen (secondary N) is 1. The monoisotopic (exact) mass is 582 g/mol. The van der Waals surface area contributed by atoms with Crippen molar-refractivity contribution in [2.24, 2.45) is 10.8 Å². The van der Waals surface area contributed by atoms with E-state index < -0.39 is 55.9 Å². The van der Waals surface area contributed by atoms with Crippen molar-refractivity contribution in [3.63, 3.8) is 0 Å². The third-order valence-electron chi connectivity index (χ3n) is 6.30. The van der Waals surface area contributed by atoms with Crippen LogP contribution in [0.15, 0.2) is 6.33 Å². The number of nitrogens with zero attached hydrogens (tertiary/aromatic N) is 4. The molecule has 3 N–H and O–H groups in total. The molecule has 14 nitrogen and oxygen atoms in total. The van der Waals surface area contributed by atoms with E-state index in [0.717, 1.165) is 12.8 Å². The number of rotatable bonds is 13. The van der Waals surface area contributed by atoms with Gasteiger partial charge in [0.1, 0.15) is 6.35 Å². The Morgan fingerprint density at radius 1 is 1.05 bits per heavy atom. The Bertz CT molecular complexity index is 1260. The standard InChI is InChI=1S/C25H39N6O8P/c1-23(2,3)20(32)35-13-38-40(34,39-14-36-21(33)24(4,5)6)15-37-25(9-10-25)11-31-12-27-17-18(28-16-7-8-16)29-22(26)30-19(17)31/h12,16H,7-11,13-15H2,1-6H3,(H3,26,28,29,30). The Balaban J connectivity index is 1.42. The van der Waals surface area contributed by atoms with Crippen molar-refractivity contribution < 1.29 is 37.4 Å². The summed E-state index contributed by atoms with van der Waals surface area (Å²) in [4.78, 5) is 37.4. The molecule has 0 aliphatic heterocycles. The third-order valence-corrected chi connectivity index (χ3v) is 7.74. The minimum absolute atomic E-state index is 0.129. The van der Waals surface area contributed by atoms with Crippen LogP contribution < -0.4 is 11.1 Å². The molecular weight excluding hydrogens is 543 g/mol. The van der Waals surface area contributed by atoms with Crippen molar-refractivity contribution in [3.8, 4) is 0 Å². The third kappa shape index (κ3) is 7.90. The average molecular weight is 583 g/mol. The molecule has 2 aromatic heterocycles. The molecule has 0 saturated heterocycles. The summed E-state index contributed by atoms with van der Waals surface area (Å²) in [6.07, 6.45) is 4.68. The highest BCUT2D eigenvalue weighted by Gasteiger charge is 2.47. The zero-order chi connectivity index (χ0) is 29.3. The molecule has 0 bridgehead atoms. The Kier molecular flexibility index (Phi) is 8.47. The number of anilines is 2. The molecule has 2 heterocycles. The van der Waals surface area contributed by atoms with Crippen LogP contribution >= 0.6 is 7.60 Å². The molecule has 0 unspecified atom stereocenters. The van der Waals surface area contributed by atoms with Gasteiger partial charge in [-0.25, -0.2) is 4.98 Å². The van der Waals surface area contributed by atoms with Gasteiger partial charge in [-0.2, -0.15) is 9.97 Å². The molecule has 40 heavy (non-hydrogen) atoms. The number of nitrogens with two attached hydrogens (primary N) is 1. The van der Waals surface area contributed by atoms with Crippen LogP contribution in [0.2, 0.25) is 0 Å². The Hall–Kier alpha value is -2.80. The summed E-state index contributed by atoms with van der Waals surface area (Å²) < 4.78 is 42.4. The average Bonchev–Trinajstić information content (AvgIpc) is 3.77. The van der Waals surface area contributed by atoms with Gasteiger partial charge in [0.05, 0.1) is 29.3 Å². The van der Waals surface area contributed by atoms with Gasteiger partial charge in [0.25, 0.3) is 0 Å². The molecule has 2 aliphatic carbocycles. The molecule has 0 aromatic carbocycles. The molecule has 2 aliphatic rings. The highest BCUT2D eigenvalue weighted by molar-refractivity contribution is 7.53. The largest absolute Gasteiger partial charge is 0.438 e. The van der Waals surface area contributed by atoms with Crippen molar-refractivity contribution in [3.05, 3.63) is 6.33 Å². The topological polar surface area (TPSA) is 179 Å². The van der Waals surface area contributed by atoms with Gasteiger partial charge in [0, 0.05) is 6.04 Å². The number of nitrogen functional groups attached to an aromatic ring is 1. The lowest BCUT2D eigenvalue weighted by atomic mass is 9.98. The van der Waals surface area contributed by atoms with Gasteiger partial charge in [0.2, 0.25) is 19.5 Å². The molecule has 0 spiro atoms. The van der Waals surface area contributed by atoms with Crippen LogP contribution in [0, 0.1) is 10.8 Å². The predicted molar refractivity (Wildman–Crippen MR) is 145 cm³/mol. The van der Waals surface area contributed by atoms with Crippen LogP contribution in [-0.4, -0.2) is 63.0 Å². The van der Waals surface area contributed by atoms with Crippen molar-refractivity contribution in [1.29, 1.82) is 0 Å². The first-order chi connectivity index (χ1) is 18.6. The summed E-state index contributed by atoms with van der Waals surface area (Å²) in [6.45, 7) is 9.22. The van der Waals surface area contributed by atoms with Crippen LogP contribution in [0.1, 0.15) is 67.2 Å². The van der Waals surface area contributed by atoms with Crippen LogP contribution in [0.4, 0.5) is 11.8 Å². The van der Waals surface area contributed by atoms with E-state index in [2.05, 4.69) is 20.3 Å². The van der Waals surface area contributed by atoms with Gasteiger partial charge in [-0.1, -0.05) is 0 Å². The maximum Gasteiger partial charge on any atom is 0.361 e. The summed E-state index contributed by atoms with van der Waals surface area (Å²) in [7, 11) is -4.01. The molecule has 2 aromatic rings. The van der Waals surface area contributed by atoms with E-state index in [1.54, 1.807) is 47.9 Å². The molecule has 2 fully saturated rings.